The number of rotatable bonds is 11. The molecule has 1 saturated heterocycles. The van der Waals surface area contributed by atoms with E-state index in [0.717, 1.165) is 30.7 Å². The second-order valence-corrected chi connectivity index (χ2v) is 11.7. The minimum atomic E-state index is -2.74. The number of ether oxygens (including phenoxy) is 1. The number of carboxylic acids is 3. The molecule has 12 nitrogen and oxygen atoms in total. The molecule has 226 valence electrons. The molecule has 6 N–H and O–H groups in total. The number of aliphatic hydroxyl groups is 1. The third-order valence-electron chi connectivity index (χ3n) is 6.77. The quantitative estimate of drug-likeness (QED) is 0.230. The monoisotopic (exact) mass is 575 g/mol. The van der Waals surface area contributed by atoms with E-state index in [1.807, 2.05) is 18.5 Å². The lowest BCUT2D eigenvalue weighted by molar-refractivity contribution is -0.170. The molecule has 0 unspecified atom stereocenters. The van der Waals surface area contributed by atoms with E-state index in [0.29, 0.717) is 18.3 Å². The first-order chi connectivity index (χ1) is 18.9. The van der Waals surface area contributed by atoms with Gasteiger partial charge in [0.1, 0.15) is 11.5 Å². The largest absolute Gasteiger partial charge is 0.508 e. The molecule has 0 aliphatic carbocycles. The molecular formula is C29H41N3O9. The maximum atomic E-state index is 10.4. The maximum absolute atomic E-state index is 10.4. The minimum absolute atomic E-state index is 0.0549. The van der Waals surface area contributed by atoms with Gasteiger partial charge in [0.25, 0.3) is 0 Å². The summed E-state index contributed by atoms with van der Waals surface area (Å²) in [6.07, 6.45) is 3.49. The lowest BCUT2D eigenvalue weighted by Crippen LogP contribution is -2.62. The van der Waals surface area contributed by atoms with Crippen LogP contribution in [-0.2, 0) is 27.5 Å². The highest BCUT2D eigenvalue weighted by Gasteiger charge is 2.41. The molecule has 2 heterocycles. The highest BCUT2D eigenvalue weighted by molar-refractivity contribution is 5.88. The third-order valence-corrected chi connectivity index (χ3v) is 6.77. The highest BCUT2D eigenvalue weighted by Crippen LogP contribution is 2.34. The van der Waals surface area contributed by atoms with Gasteiger partial charge >= 0.3 is 17.9 Å². The zero-order valence-electron chi connectivity index (χ0n) is 24.1. The molecule has 12 heteroatoms. The lowest BCUT2D eigenvalue weighted by Gasteiger charge is -2.49. The summed E-state index contributed by atoms with van der Waals surface area (Å²) < 4.78 is 5.37. The number of pyridine rings is 1. The number of nitrogens with zero attached hydrogens (tertiary/aromatic N) is 2. The number of aromatic hydroxyl groups is 1. The minimum Gasteiger partial charge on any atom is -0.508 e. The number of aromatic nitrogens is 1. The van der Waals surface area contributed by atoms with Gasteiger partial charge in [-0.1, -0.05) is 0 Å². The summed E-state index contributed by atoms with van der Waals surface area (Å²) in [6.45, 7) is 10.6. The first-order valence-electron chi connectivity index (χ1n) is 13.1. The van der Waals surface area contributed by atoms with Gasteiger partial charge in [-0.3, -0.25) is 19.5 Å². The van der Waals surface area contributed by atoms with Crippen molar-refractivity contribution in [3.63, 3.8) is 0 Å². The lowest BCUT2D eigenvalue weighted by atomic mass is 9.78. The fraction of sp³-hybridized carbons (Fsp3) is 0.517. The van der Waals surface area contributed by atoms with Gasteiger partial charge in [0.15, 0.2) is 5.60 Å². The van der Waals surface area contributed by atoms with E-state index in [1.54, 1.807) is 19.2 Å². The Kier molecular flexibility index (Phi) is 11.2. The van der Waals surface area contributed by atoms with Crippen molar-refractivity contribution in [2.75, 3.05) is 7.11 Å². The van der Waals surface area contributed by atoms with Gasteiger partial charge in [0.2, 0.25) is 0 Å². The van der Waals surface area contributed by atoms with Crippen molar-refractivity contribution in [3.05, 3.63) is 53.9 Å². The topological polar surface area (TPSA) is 190 Å². The molecule has 0 spiro atoms. The van der Waals surface area contributed by atoms with Crippen LogP contribution in [0.2, 0.25) is 0 Å². The number of nitrogens with one attached hydrogen (secondary N) is 1. The number of phenolic OH excluding ortho intramolecular Hbond substituents is 1. The fourth-order valence-corrected chi connectivity index (χ4v) is 5.31. The summed E-state index contributed by atoms with van der Waals surface area (Å²) in [4.78, 5) is 37.1. The smallest absolute Gasteiger partial charge is 0.336 e. The second-order valence-electron chi connectivity index (χ2n) is 11.7. The zero-order valence-corrected chi connectivity index (χ0v) is 24.1. The fourth-order valence-electron chi connectivity index (χ4n) is 5.31. The van der Waals surface area contributed by atoms with Crippen molar-refractivity contribution in [1.82, 2.24) is 15.2 Å². The summed E-state index contributed by atoms with van der Waals surface area (Å²) >= 11 is 0. The van der Waals surface area contributed by atoms with Crippen LogP contribution in [0.3, 0.4) is 0 Å². The molecule has 0 atom stereocenters. The highest BCUT2D eigenvalue weighted by atomic mass is 16.5. The van der Waals surface area contributed by atoms with Crippen molar-refractivity contribution >= 4 is 17.9 Å². The number of phenols is 1. The van der Waals surface area contributed by atoms with E-state index in [4.69, 9.17) is 25.2 Å². The standard InChI is InChI=1S/C23H33N3O2.C6H8O7/c1-22(2)13-19(14-23(3,4)25-22)26(15-17-8-10-24-11-9-17)16-18-12-20(28-5)6-7-21(18)27;7-3(8)1-6(13,5(11)12)2-4(9)10/h6-12,19,25,27H,13-16H2,1-5H3;13H,1-2H2,(H,7,8)(H,9,10)(H,11,12). The van der Waals surface area contributed by atoms with Crippen molar-refractivity contribution in [2.45, 2.75) is 89.2 Å². The van der Waals surface area contributed by atoms with Gasteiger partial charge in [-0.25, -0.2) is 4.79 Å². The van der Waals surface area contributed by atoms with E-state index in [-0.39, 0.29) is 11.1 Å². The van der Waals surface area contributed by atoms with Gasteiger partial charge in [-0.2, -0.15) is 0 Å². The number of aliphatic carboxylic acids is 3. The van der Waals surface area contributed by atoms with E-state index in [2.05, 4.69) is 55.0 Å². The van der Waals surface area contributed by atoms with Crippen LogP contribution in [0.25, 0.3) is 0 Å². The Balaban J connectivity index is 0.000000383. The summed E-state index contributed by atoms with van der Waals surface area (Å²) in [5.41, 5.74) is -0.509. The van der Waals surface area contributed by atoms with E-state index in [1.165, 1.54) is 5.56 Å². The molecule has 1 fully saturated rings. The Labute approximate surface area is 239 Å². The SMILES string of the molecule is COc1ccc(O)c(CN(Cc2ccncc2)C2CC(C)(C)NC(C)(C)C2)c1.O=C(O)CC(O)(CC(=O)O)C(=O)O. The molecule has 0 amide bonds. The van der Waals surface area contributed by atoms with Crippen molar-refractivity contribution in [2.24, 2.45) is 0 Å². The van der Waals surface area contributed by atoms with Crippen molar-refractivity contribution in [1.29, 1.82) is 0 Å². The summed E-state index contributed by atoms with van der Waals surface area (Å²) in [5.74, 6) is -3.94. The predicted octanol–water partition coefficient (Wildman–Crippen LogP) is 2.86. The normalized spacial score (nSPS) is 16.4. The number of hydrogen-bond donors (Lipinski definition) is 6. The number of piperidine rings is 1. The number of hydrogen-bond acceptors (Lipinski definition) is 9. The average molecular weight is 576 g/mol. The van der Waals surface area contributed by atoms with E-state index in [9.17, 15) is 19.5 Å². The molecule has 1 aliphatic rings. The Hall–Kier alpha value is -3.74. The molecule has 1 aromatic heterocycles. The number of benzene rings is 1. The van der Waals surface area contributed by atoms with Crippen LogP contribution in [0.4, 0.5) is 0 Å². The van der Waals surface area contributed by atoms with Crippen LogP contribution >= 0.6 is 0 Å². The maximum Gasteiger partial charge on any atom is 0.336 e. The summed E-state index contributed by atoms with van der Waals surface area (Å²) in [5, 5.41) is 48.0. The van der Waals surface area contributed by atoms with E-state index < -0.39 is 36.4 Å². The predicted molar refractivity (Wildman–Crippen MR) is 150 cm³/mol. The van der Waals surface area contributed by atoms with Crippen LogP contribution in [-0.4, -0.2) is 83.2 Å². The molecular weight excluding hydrogens is 534 g/mol. The average Bonchev–Trinajstić information content (AvgIpc) is 2.83. The molecule has 0 saturated carbocycles. The number of carbonyl (C=O) groups is 3. The molecule has 1 aromatic carbocycles. The van der Waals surface area contributed by atoms with Crippen molar-refractivity contribution in [3.8, 4) is 11.5 Å². The molecule has 2 aromatic rings. The van der Waals surface area contributed by atoms with Gasteiger partial charge in [0.05, 0.1) is 20.0 Å². The Morgan fingerprint density at radius 3 is 1.98 bits per heavy atom. The first-order valence-corrected chi connectivity index (χ1v) is 13.1. The summed E-state index contributed by atoms with van der Waals surface area (Å²) in [6, 6.07) is 9.97. The van der Waals surface area contributed by atoms with Crippen molar-refractivity contribution < 1.29 is 44.7 Å². The molecule has 0 radical (unpaired) electrons. The second kappa shape index (κ2) is 13.7. The molecule has 1 aliphatic heterocycles. The van der Waals surface area contributed by atoms with Gasteiger partial charge in [0, 0.05) is 48.2 Å². The van der Waals surface area contributed by atoms with Crippen LogP contribution < -0.4 is 10.1 Å². The van der Waals surface area contributed by atoms with Gasteiger partial charge < -0.3 is 35.6 Å². The first kappa shape index (κ1) is 33.5. The Bertz CT molecular complexity index is 1170. The third kappa shape index (κ3) is 10.6. The van der Waals surface area contributed by atoms with Crippen LogP contribution in [0.5, 0.6) is 11.5 Å². The zero-order chi connectivity index (χ0) is 31.0. The summed E-state index contributed by atoms with van der Waals surface area (Å²) in [7, 11) is 1.66. The van der Waals surface area contributed by atoms with Gasteiger partial charge in [-0.05, 0) is 76.4 Å². The van der Waals surface area contributed by atoms with E-state index >= 15 is 0 Å². The Morgan fingerprint density at radius 1 is 0.976 bits per heavy atom. The molecule has 0 bridgehead atoms. The van der Waals surface area contributed by atoms with Crippen LogP contribution in [0.15, 0.2) is 42.7 Å². The van der Waals surface area contributed by atoms with Crippen LogP contribution in [0, 0.1) is 0 Å². The molecule has 41 heavy (non-hydrogen) atoms. The van der Waals surface area contributed by atoms with Gasteiger partial charge in [-0.15, -0.1) is 0 Å². The number of methoxy groups -OCH3 is 1. The number of carboxylic acid groups (broad SMARTS) is 3. The van der Waals surface area contributed by atoms with Crippen LogP contribution in [0.1, 0.15) is 64.5 Å². The Morgan fingerprint density at radius 2 is 1.51 bits per heavy atom. The molecule has 3 rings (SSSR count).